The second kappa shape index (κ2) is 8.79. The van der Waals surface area contributed by atoms with E-state index in [1.165, 1.54) is 12.1 Å². The molecule has 1 rings (SSSR count). The van der Waals surface area contributed by atoms with Crippen LogP contribution in [-0.2, 0) is 9.53 Å². The van der Waals surface area contributed by atoms with Gasteiger partial charge in [-0.3, -0.25) is 9.59 Å². The Kier molecular flexibility index (Phi) is 7.36. The molecule has 0 aliphatic carbocycles. The number of benzene rings is 1. The van der Waals surface area contributed by atoms with Crippen molar-refractivity contribution in [2.75, 3.05) is 26.8 Å². The zero-order valence-corrected chi connectivity index (χ0v) is 12.6. The van der Waals surface area contributed by atoms with E-state index in [2.05, 4.69) is 10.6 Å². The van der Waals surface area contributed by atoms with Crippen LogP contribution in [0, 0.1) is 0 Å². The summed E-state index contributed by atoms with van der Waals surface area (Å²) in [4.78, 5) is 23.2. The van der Waals surface area contributed by atoms with E-state index < -0.39 is 0 Å². The highest BCUT2D eigenvalue weighted by molar-refractivity contribution is 6.42. The quantitative estimate of drug-likeness (QED) is 0.754. The monoisotopic (exact) mass is 318 g/mol. The van der Waals surface area contributed by atoms with Gasteiger partial charge >= 0.3 is 0 Å². The topological polar surface area (TPSA) is 67.4 Å². The Labute approximate surface area is 127 Å². The third kappa shape index (κ3) is 5.77. The number of amides is 2. The molecule has 2 amide bonds. The van der Waals surface area contributed by atoms with E-state index in [0.29, 0.717) is 28.8 Å². The third-order valence-electron chi connectivity index (χ3n) is 2.44. The highest BCUT2D eigenvalue weighted by atomic mass is 35.5. The predicted molar refractivity (Wildman–Crippen MR) is 78.3 cm³/mol. The summed E-state index contributed by atoms with van der Waals surface area (Å²) in [7, 11) is 1.60. The molecule has 1 aromatic rings. The van der Waals surface area contributed by atoms with Crippen molar-refractivity contribution >= 4 is 35.0 Å². The van der Waals surface area contributed by atoms with E-state index in [4.69, 9.17) is 27.9 Å². The van der Waals surface area contributed by atoms with Crippen LogP contribution in [0.5, 0.6) is 0 Å². The first-order valence-electron chi connectivity index (χ1n) is 6.03. The molecule has 0 saturated heterocycles. The van der Waals surface area contributed by atoms with Gasteiger partial charge in [-0.05, 0) is 24.6 Å². The fourth-order valence-corrected chi connectivity index (χ4v) is 1.70. The molecule has 5 nitrogen and oxygen atoms in total. The largest absolute Gasteiger partial charge is 0.385 e. The molecule has 0 unspecified atom stereocenters. The number of rotatable bonds is 7. The van der Waals surface area contributed by atoms with Crippen LogP contribution in [-0.4, -0.2) is 38.6 Å². The van der Waals surface area contributed by atoms with Crippen molar-refractivity contribution < 1.29 is 14.3 Å². The van der Waals surface area contributed by atoms with Gasteiger partial charge in [0.15, 0.2) is 0 Å². The second-order valence-corrected chi connectivity index (χ2v) is 4.82. The van der Waals surface area contributed by atoms with Gasteiger partial charge in [-0.2, -0.15) is 0 Å². The summed E-state index contributed by atoms with van der Waals surface area (Å²) in [5, 5.41) is 5.84. The van der Waals surface area contributed by atoms with Crippen LogP contribution in [0.3, 0.4) is 0 Å². The lowest BCUT2D eigenvalue weighted by molar-refractivity contribution is -0.120. The van der Waals surface area contributed by atoms with Gasteiger partial charge < -0.3 is 15.4 Å². The summed E-state index contributed by atoms with van der Waals surface area (Å²) in [6, 6.07) is 4.53. The van der Waals surface area contributed by atoms with Crippen molar-refractivity contribution in [1.29, 1.82) is 0 Å². The number of carbonyl (C=O) groups is 2. The van der Waals surface area contributed by atoms with Crippen LogP contribution < -0.4 is 10.6 Å². The Morgan fingerprint density at radius 1 is 1.20 bits per heavy atom. The lowest BCUT2D eigenvalue weighted by Crippen LogP contribution is -2.37. The standard InChI is InChI=1S/C13H16Cl2N2O3/c1-20-6-2-5-16-12(18)8-17-13(19)9-3-4-10(14)11(15)7-9/h3-4,7H,2,5-6,8H2,1H3,(H,16,18)(H,17,19). The lowest BCUT2D eigenvalue weighted by Gasteiger charge is -2.07. The highest BCUT2D eigenvalue weighted by Gasteiger charge is 2.09. The molecule has 7 heteroatoms. The van der Waals surface area contributed by atoms with Crippen molar-refractivity contribution in [3.8, 4) is 0 Å². The molecular weight excluding hydrogens is 303 g/mol. The second-order valence-electron chi connectivity index (χ2n) is 4.01. The molecule has 1 aromatic carbocycles. The van der Waals surface area contributed by atoms with E-state index in [0.717, 1.165) is 6.42 Å². The van der Waals surface area contributed by atoms with E-state index in [1.54, 1.807) is 13.2 Å². The molecule has 0 radical (unpaired) electrons. The lowest BCUT2D eigenvalue weighted by atomic mass is 10.2. The van der Waals surface area contributed by atoms with Crippen LogP contribution >= 0.6 is 23.2 Å². The number of hydrogen-bond acceptors (Lipinski definition) is 3. The van der Waals surface area contributed by atoms with E-state index in [1.807, 2.05) is 0 Å². The summed E-state index contributed by atoms with van der Waals surface area (Å²) in [6.45, 7) is 0.997. The van der Waals surface area contributed by atoms with Crippen molar-refractivity contribution in [3.63, 3.8) is 0 Å². The van der Waals surface area contributed by atoms with Crippen LogP contribution in [0.1, 0.15) is 16.8 Å². The number of ether oxygens (including phenoxy) is 1. The van der Waals surface area contributed by atoms with Crippen molar-refractivity contribution in [3.05, 3.63) is 33.8 Å². The van der Waals surface area contributed by atoms with Gasteiger partial charge in [-0.25, -0.2) is 0 Å². The fourth-order valence-electron chi connectivity index (χ4n) is 1.41. The molecule has 0 aromatic heterocycles. The highest BCUT2D eigenvalue weighted by Crippen LogP contribution is 2.22. The Morgan fingerprint density at radius 2 is 1.95 bits per heavy atom. The summed E-state index contributed by atoms with van der Waals surface area (Å²) in [6.07, 6.45) is 0.725. The van der Waals surface area contributed by atoms with Crippen LogP contribution in [0.2, 0.25) is 10.0 Å². The molecule has 20 heavy (non-hydrogen) atoms. The third-order valence-corrected chi connectivity index (χ3v) is 3.18. The van der Waals surface area contributed by atoms with Crippen LogP contribution in [0.15, 0.2) is 18.2 Å². The smallest absolute Gasteiger partial charge is 0.251 e. The van der Waals surface area contributed by atoms with Crippen LogP contribution in [0.25, 0.3) is 0 Å². The molecule has 0 aliphatic heterocycles. The zero-order chi connectivity index (χ0) is 15.0. The first-order valence-corrected chi connectivity index (χ1v) is 6.79. The van der Waals surface area contributed by atoms with Gasteiger partial charge in [0.25, 0.3) is 5.91 Å². The molecule has 2 N–H and O–H groups in total. The minimum absolute atomic E-state index is 0.0912. The maximum Gasteiger partial charge on any atom is 0.251 e. The number of carbonyl (C=O) groups excluding carboxylic acids is 2. The summed E-state index contributed by atoms with van der Waals surface area (Å²) >= 11 is 11.6. The van der Waals surface area contributed by atoms with Gasteiger partial charge in [0.1, 0.15) is 0 Å². The molecule has 0 fully saturated rings. The SMILES string of the molecule is COCCCNC(=O)CNC(=O)c1ccc(Cl)c(Cl)c1. The minimum atomic E-state index is -0.379. The summed E-state index contributed by atoms with van der Waals surface area (Å²) < 4.78 is 4.86. The summed E-state index contributed by atoms with van der Waals surface area (Å²) in [5.41, 5.74) is 0.353. The number of hydrogen-bond donors (Lipinski definition) is 2. The Morgan fingerprint density at radius 3 is 2.60 bits per heavy atom. The van der Waals surface area contributed by atoms with Gasteiger partial charge in [0, 0.05) is 25.8 Å². The van der Waals surface area contributed by atoms with Gasteiger partial charge in [0.05, 0.1) is 16.6 Å². The normalized spacial score (nSPS) is 10.2. The average Bonchev–Trinajstić information content (AvgIpc) is 2.44. The van der Waals surface area contributed by atoms with Gasteiger partial charge in [0.2, 0.25) is 5.91 Å². The molecule has 0 atom stereocenters. The van der Waals surface area contributed by atoms with Crippen molar-refractivity contribution in [2.45, 2.75) is 6.42 Å². The van der Waals surface area contributed by atoms with Crippen LogP contribution in [0.4, 0.5) is 0 Å². The molecule has 0 heterocycles. The number of nitrogens with one attached hydrogen (secondary N) is 2. The molecule has 0 aliphatic rings. The molecule has 110 valence electrons. The summed E-state index contributed by atoms with van der Waals surface area (Å²) in [5.74, 6) is -0.634. The Balaban J connectivity index is 2.35. The molecule has 0 spiro atoms. The van der Waals surface area contributed by atoms with E-state index in [-0.39, 0.29) is 18.4 Å². The molecular formula is C13H16Cl2N2O3. The molecule has 0 saturated carbocycles. The Hall–Kier alpha value is -1.30. The van der Waals surface area contributed by atoms with E-state index in [9.17, 15) is 9.59 Å². The maximum atomic E-state index is 11.8. The number of halogens is 2. The van der Waals surface area contributed by atoms with E-state index >= 15 is 0 Å². The average molecular weight is 319 g/mol. The first-order chi connectivity index (χ1) is 9.54. The van der Waals surface area contributed by atoms with Gasteiger partial charge in [-0.1, -0.05) is 23.2 Å². The molecule has 0 bridgehead atoms. The Bertz CT molecular complexity index is 481. The maximum absolute atomic E-state index is 11.8. The minimum Gasteiger partial charge on any atom is -0.385 e. The predicted octanol–water partition coefficient (Wildman–Crippen LogP) is 1.88. The fraction of sp³-hybridized carbons (Fsp3) is 0.385. The first kappa shape index (κ1) is 16.8. The van der Waals surface area contributed by atoms with Crippen molar-refractivity contribution in [1.82, 2.24) is 10.6 Å². The van der Waals surface area contributed by atoms with Gasteiger partial charge in [-0.15, -0.1) is 0 Å². The number of methoxy groups -OCH3 is 1. The zero-order valence-electron chi connectivity index (χ0n) is 11.0. The van der Waals surface area contributed by atoms with Crippen molar-refractivity contribution in [2.24, 2.45) is 0 Å².